The van der Waals surface area contributed by atoms with E-state index in [1.165, 1.54) is 18.2 Å². The highest BCUT2D eigenvalue weighted by Gasteiger charge is 2.22. The smallest absolute Gasteiger partial charge is 0.353 e. The molecule has 0 radical (unpaired) electrons. The molecule has 14 nitrogen and oxygen atoms in total. The van der Waals surface area contributed by atoms with Gasteiger partial charge in [-0.05, 0) is 58.9 Å². The number of aryl methyl sites for hydroxylation is 1. The van der Waals surface area contributed by atoms with Gasteiger partial charge in [0.2, 0.25) is 0 Å². The molecule has 6 aromatic rings. The third-order valence-electron chi connectivity index (χ3n) is 6.70. The molecule has 0 saturated carbocycles. The standard InChI is InChI=1S/C29H22N8O6S2/c1-17-6-5-13-37(16-17)29-33-27(30)32-28(34-29)31-23-11-12-24(20-8-3-2-7-19(20)23)36-35-18-14-22-21(26(15-18)45(41,42)43)9-4-10-25(22)44(38,39)40/h2-16H,1H3,(H4-,30,31,32,33,34,38,39,40,41,42,43)/p+1. The van der Waals surface area contributed by atoms with Gasteiger partial charge in [-0.15, -0.1) is 10.1 Å². The molecule has 0 amide bonds. The molecule has 16 heteroatoms. The number of benzene rings is 4. The number of aromatic nitrogens is 4. The van der Waals surface area contributed by atoms with Crippen LogP contribution in [0, 0.1) is 6.92 Å². The molecule has 0 fully saturated rings. The summed E-state index contributed by atoms with van der Waals surface area (Å²) in [7, 11) is -9.54. The Balaban J connectivity index is 1.41. The molecule has 4 aromatic carbocycles. The maximum absolute atomic E-state index is 12.2. The van der Waals surface area contributed by atoms with E-state index in [0.29, 0.717) is 28.1 Å². The summed E-state index contributed by atoms with van der Waals surface area (Å²) in [5.74, 6) is 0.540. The molecule has 0 aliphatic heterocycles. The van der Waals surface area contributed by atoms with Crippen LogP contribution < -0.4 is 15.6 Å². The molecule has 0 bridgehead atoms. The predicted molar refractivity (Wildman–Crippen MR) is 165 cm³/mol. The summed E-state index contributed by atoms with van der Waals surface area (Å²) in [5, 5.41) is 12.7. The Bertz CT molecular complexity index is 2400. The number of pyridine rings is 1. The highest BCUT2D eigenvalue weighted by Crippen LogP contribution is 2.36. The lowest BCUT2D eigenvalue weighted by atomic mass is 10.1. The van der Waals surface area contributed by atoms with Gasteiger partial charge in [0.05, 0.1) is 29.5 Å². The highest BCUT2D eigenvalue weighted by molar-refractivity contribution is 7.86. The van der Waals surface area contributed by atoms with Gasteiger partial charge < -0.3 is 11.1 Å². The van der Waals surface area contributed by atoms with Gasteiger partial charge in [0.1, 0.15) is 9.79 Å². The molecule has 5 N–H and O–H groups in total. The summed E-state index contributed by atoms with van der Waals surface area (Å²) in [5.41, 5.74) is 7.90. The highest BCUT2D eigenvalue weighted by atomic mass is 32.2. The Labute approximate surface area is 256 Å². The van der Waals surface area contributed by atoms with Crippen molar-refractivity contribution in [2.75, 3.05) is 11.1 Å². The van der Waals surface area contributed by atoms with Crippen molar-refractivity contribution in [3.8, 4) is 5.95 Å². The molecule has 0 saturated heterocycles. The van der Waals surface area contributed by atoms with Crippen molar-refractivity contribution in [2.24, 2.45) is 10.2 Å². The van der Waals surface area contributed by atoms with Crippen molar-refractivity contribution in [1.29, 1.82) is 0 Å². The van der Waals surface area contributed by atoms with Crippen molar-refractivity contribution >= 4 is 70.7 Å². The summed E-state index contributed by atoms with van der Waals surface area (Å²) in [6.07, 6.45) is 3.64. The topological polar surface area (TPSA) is 214 Å². The van der Waals surface area contributed by atoms with Crippen LogP contribution in [0.4, 0.5) is 29.0 Å². The third kappa shape index (κ3) is 6.16. The number of fused-ring (bicyclic) bond motifs is 2. The zero-order valence-corrected chi connectivity index (χ0v) is 24.9. The molecule has 0 unspecified atom stereocenters. The lowest BCUT2D eigenvalue weighted by Gasteiger charge is -2.10. The predicted octanol–water partition coefficient (Wildman–Crippen LogP) is 5.00. The fourth-order valence-electron chi connectivity index (χ4n) is 4.79. The van der Waals surface area contributed by atoms with E-state index in [1.807, 2.05) is 37.4 Å². The molecule has 2 aromatic heterocycles. The normalized spacial score (nSPS) is 12.2. The Morgan fingerprint density at radius 1 is 0.756 bits per heavy atom. The average molecular weight is 644 g/mol. The van der Waals surface area contributed by atoms with E-state index in [4.69, 9.17) is 5.73 Å². The molecule has 226 valence electrons. The lowest BCUT2D eigenvalue weighted by Crippen LogP contribution is -2.33. The van der Waals surface area contributed by atoms with Gasteiger partial charge in [-0.3, -0.25) is 9.11 Å². The molecule has 0 aliphatic carbocycles. The SMILES string of the molecule is Cc1ccc[n+](-c2nc(N)nc(Nc3ccc(N=Nc4cc(S(=O)(=O)O)c5cccc(S(=O)(=O)O)c5c4)c4ccccc34)n2)c1. The molecule has 0 aliphatic rings. The number of anilines is 3. The zero-order valence-electron chi connectivity index (χ0n) is 23.3. The average Bonchev–Trinajstić information content (AvgIpc) is 2.98. The molecule has 6 rings (SSSR count). The van der Waals surface area contributed by atoms with Gasteiger partial charge >= 0.3 is 17.8 Å². The Morgan fingerprint density at radius 2 is 1.49 bits per heavy atom. The van der Waals surface area contributed by atoms with Crippen LogP contribution in [0.2, 0.25) is 0 Å². The van der Waals surface area contributed by atoms with E-state index >= 15 is 0 Å². The van der Waals surface area contributed by atoms with Crippen LogP contribution in [-0.2, 0) is 20.2 Å². The van der Waals surface area contributed by atoms with Crippen LogP contribution in [0.25, 0.3) is 27.5 Å². The van der Waals surface area contributed by atoms with E-state index in [2.05, 4.69) is 30.5 Å². The Hall–Kier alpha value is -5.42. The van der Waals surface area contributed by atoms with Crippen LogP contribution in [0.1, 0.15) is 5.56 Å². The minimum atomic E-state index is -4.81. The maximum atomic E-state index is 12.2. The first kappa shape index (κ1) is 29.6. The van der Waals surface area contributed by atoms with E-state index in [0.717, 1.165) is 17.7 Å². The van der Waals surface area contributed by atoms with Crippen molar-refractivity contribution in [3.63, 3.8) is 0 Å². The molecule has 45 heavy (non-hydrogen) atoms. The van der Waals surface area contributed by atoms with Crippen molar-refractivity contribution < 1.29 is 30.5 Å². The Kier molecular flexibility index (Phi) is 7.41. The van der Waals surface area contributed by atoms with Gasteiger partial charge in [-0.25, -0.2) is 4.57 Å². The number of hydrogen-bond donors (Lipinski definition) is 4. The molecular weight excluding hydrogens is 621 g/mol. The van der Waals surface area contributed by atoms with Gasteiger partial charge in [-0.1, -0.05) is 42.5 Å². The first-order valence-corrected chi connectivity index (χ1v) is 16.0. The van der Waals surface area contributed by atoms with E-state index in [1.54, 1.807) is 35.0 Å². The van der Waals surface area contributed by atoms with Gasteiger partial charge in [0.15, 0.2) is 0 Å². The van der Waals surface area contributed by atoms with Gasteiger partial charge in [-0.2, -0.15) is 21.9 Å². The lowest BCUT2D eigenvalue weighted by molar-refractivity contribution is -0.603. The quantitative estimate of drug-likeness (QED) is 0.103. The van der Waals surface area contributed by atoms with Crippen LogP contribution >= 0.6 is 0 Å². The first-order valence-electron chi connectivity index (χ1n) is 13.1. The maximum Gasteiger partial charge on any atom is 0.444 e. The fraction of sp³-hybridized carbons (Fsp3) is 0.0345. The van der Waals surface area contributed by atoms with Crippen LogP contribution in [0.5, 0.6) is 0 Å². The number of azo groups is 1. The summed E-state index contributed by atoms with van der Waals surface area (Å²) in [6.45, 7) is 1.94. The van der Waals surface area contributed by atoms with Crippen molar-refractivity contribution in [3.05, 3.63) is 96.8 Å². The molecule has 2 heterocycles. The van der Waals surface area contributed by atoms with Crippen LogP contribution in [0.15, 0.2) is 111 Å². The number of nitrogens with two attached hydrogens (primary N) is 1. The zero-order chi connectivity index (χ0) is 31.9. The second-order valence-corrected chi connectivity index (χ2v) is 12.6. The van der Waals surface area contributed by atoms with Crippen molar-refractivity contribution in [2.45, 2.75) is 16.7 Å². The summed E-state index contributed by atoms with van der Waals surface area (Å²) in [6, 6.07) is 20.4. The largest absolute Gasteiger partial charge is 0.444 e. The van der Waals surface area contributed by atoms with Gasteiger partial charge in [0, 0.05) is 21.5 Å². The van der Waals surface area contributed by atoms with Crippen LogP contribution in [-0.4, -0.2) is 40.9 Å². The van der Waals surface area contributed by atoms with Gasteiger partial charge in [0.25, 0.3) is 20.2 Å². The summed E-state index contributed by atoms with van der Waals surface area (Å²) < 4.78 is 69.6. The molecule has 0 spiro atoms. The number of hydrogen-bond acceptors (Lipinski definition) is 11. The van der Waals surface area contributed by atoms with E-state index in [-0.39, 0.29) is 28.4 Å². The monoisotopic (exact) mass is 643 g/mol. The fourth-order valence-corrected chi connectivity index (χ4v) is 6.21. The molecule has 0 atom stereocenters. The number of rotatable bonds is 7. The number of nitrogens with zero attached hydrogens (tertiary/aromatic N) is 6. The summed E-state index contributed by atoms with van der Waals surface area (Å²) in [4.78, 5) is 11.8. The number of nitrogens with one attached hydrogen (secondary N) is 1. The second-order valence-electron chi connectivity index (χ2n) is 9.85. The van der Waals surface area contributed by atoms with Crippen LogP contribution in [0.3, 0.4) is 0 Å². The number of nitrogen functional groups attached to an aromatic ring is 1. The van der Waals surface area contributed by atoms with E-state index < -0.39 is 30.0 Å². The van der Waals surface area contributed by atoms with E-state index in [9.17, 15) is 25.9 Å². The first-order chi connectivity index (χ1) is 21.4. The summed E-state index contributed by atoms with van der Waals surface area (Å²) >= 11 is 0. The third-order valence-corrected chi connectivity index (χ3v) is 8.51. The Morgan fingerprint density at radius 3 is 2.22 bits per heavy atom. The minimum Gasteiger partial charge on any atom is -0.353 e. The molecular formula is C29H23N8O6S2+. The van der Waals surface area contributed by atoms with Crippen molar-refractivity contribution in [1.82, 2.24) is 15.0 Å². The second kappa shape index (κ2) is 11.3. The minimum absolute atomic E-state index is 0.0167.